The zero-order valence-electron chi connectivity index (χ0n) is 12.0. The summed E-state index contributed by atoms with van der Waals surface area (Å²) in [5.41, 5.74) is 2.70. The molecule has 3 aromatic rings. The van der Waals surface area contributed by atoms with Gasteiger partial charge < -0.3 is 0 Å². The van der Waals surface area contributed by atoms with Crippen molar-refractivity contribution in [3.63, 3.8) is 0 Å². The van der Waals surface area contributed by atoms with Crippen LogP contribution in [0.1, 0.15) is 11.4 Å². The smallest absolute Gasteiger partial charge is 0.0887 e. The molecule has 1 unspecified atom stereocenters. The van der Waals surface area contributed by atoms with Gasteiger partial charge in [-0.05, 0) is 38.1 Å². The minimum atomic E-state index is -1.21. The number of benzene rings is 2. The first-order valence-corrected chi connectivity index (χ1v) is 7.92. The Morgan fingerprint density at radius 2 is 1.48 bits per heavy atom. The van der Waals surface area contributed by atoms with Crippen LogP contribution in [0.5, 0.6) is 0 Å². The third-order valence-electron chi connectivity index (χ3n) is 3.37. The lowest BCUT2D eigenvalue weighted by Gasteiger charge is -2.05. The Balaban J connectivity index is 2.09. The van der Waals surface area contributed by atoms with E-state index in [1.807, 2.05) is 79.2 Å². The van der Waals surface area contributed by atoms with Crippen LogP contribution in [0.25, 0.3) is 5.69 Å². The molecule has 0 aliphatic rings. The van der Waals surface area contributed by atoms with Crippen LogP contribution < -0.4 is 0 Å². The van der Waals surface area contributed by atoms with Gasteiger partial charge >= 0.3 is 0 Å². The molecular formula is C17H16N2OS. The average Bonchev–Trinajstić information content (AvgIpc) is 2.83. The number of hydrogen-bond donors (Lipinski definition) is 0. The van der Waals surface area contributed by atoms with Crippen LogP contribution in [0.2, 0.25) is 0 Å². The summed E-state index contributed by atoms with van der Waals surface area (Å²) < 4.78 is 14.6. The van der Waals surface area contributed by atoms with Gasteiger partial charge in [-0.25, -0.2) is 8.89 Å². The number of para-hydroxylation sites is 1. The van der Waals surface area contributed by atoms with E-state index in [0.29, 0.717) is 0 Å². The van der Waals surface area contributed by atoms with Crippen LogP contribution in [0.15, 0.2) is 70.5 Å². The van der Waals surface area contributed by atoms with Crippen LogP contribution in [0.4, 0.5) is 0 Å². The highest BCUT2D eigenvalue weighted by molar-refractivity contribution is 7.85. The summed E-state index contributed by atoms with van der Waals surface area (Å²) in [5, 5.41) is 4.55. The monoisotopic (exact) mass is 296 g/mol. The van der Waals surface area contributed by atoms with Crippen molar-refractivity contribution in [1.82, 2.24) is 9.78 Å². The van der Waals surface area contributed by atoms with Gasteiger partial charge in [-0.2, -0.15) is 5.10 Å². The van der Waals surface area contributed by atoms with Crippen molar-refractivity contribution in [2.75, 3.05) is 0 Å². The molecule has 1 atom stereocenters. The lowest BCUT2D eigenvalue weighted by molar-refractivity contribution is 0.682. The molecule has 3 rings (SSSR count). The first-order chi connectivity index (χ1) is 10.2. The number of nitrogens with zero attached hydrogens (tertiary/aromatic N) is 2. The van der Waals surface area contributed by atoms with Gasteiger partial charge in [-0.15, -0.1) is 0 Å². The maximum absolute atomic E-state index is 12.8. The molecule has 0 spiro atoms. The lowest BCUT2D eigenvalue weighted by atomic mass is 10.3. The molecule has 1 aromatic heterocycles. The fourth-order valence-corrected chi connectivity index (χ4v) is 3.68. The van der Waals surface area contributed by atoms with Gasteiger partial charge in [-0.3, -0.25) is 0 Å². The molecule has 0 bridgehead atoms. The summed E-state index contributed by atoms with van der Waals surface area (Å²) in [6.45, 7) is 3.87. The SMILES string of the molecule is Cc1nn(-c2ccccc2)c(C)c1S(=O)c1ccccc1. The van der Waals surface area contributed by atoms with Gasteiger partial charge in [0.1, 0.15) is 0 Å². The fourth-order valence-electron chi connectivity index (χ4n) is 2.38. The molecule has 0 aliphatic heterocycles. The Bertz CT molecular complexity index is 779. The third-order valence-corrected chi connectivity index (χ3v) is 5.03. The molecule has 0 radical (unpaired) electrons. The minimum Gasteiger partial charge on any atom is -0.249 e. The summed E-state index contributed by atoms with van der Waals surface area (Å²) in [6, 6.07) is 19.4. The Kier molecular flexibility index (Phi) is 3.71. The zero-order chi connectivity index (χ0) is 14.8. The van der Waals surface area contributed by atoms with E-state index in [4.69, 9.17) is 0 Å². The number of aromatic nitrogens is 2. The topological polar surface area (TPSA) is 34.9 Å². The van der Waals surface area contributed by atoms with Gasteiger partial charge in [0.25, 0.3) is 0 Å². The Morgan fingerprint density at radius 1 is 0.905 bits per heavy atom. The summed E-state index contributed by atoms with van der Waals surface area (Å²) in [5.74, 6) is 0. The second kappa shape index (κ2) is 5.66. The van der Waals surface area contributed by atoms with E-state index < -0.39 is 10.8 Å². The molecule has 0 amide bonds. The van der Waals surface area contributed by atoms with E-state index in [9.17, 15) is 4.21 Å². The normalized spacial score (nSPS) is 12.3. The third kappa shape index (κ3) is 2.54. The minimum absolute atomic E-state index is 0.796. The maximum Gasteiger partial charge on any atom is 0.0887 e. The second-order valence-electron chi connectivity index (χ2n) is 4.83. The first kappa shape index (κ1) is 13.8. The molecule has 3 nitrogen and oxygen atoms in total. The lowest BCUT2D eigenvalue weighted by Crippen LogP contribution is -2.00. The maximum atomic E-state index is 12.8. The van der Waals surface area contributed by atoms with Crippen molar-refractivity contribution in [1.29, 1.82) is 0 Å². The highest BCUT2D eigenvalue weighted by Crippen LogP contribution is 2.25. The van der Waals surface area contributed by atoms with Crippen molar-refractivity contribution in [3.05, 3.63) is 72.1 Å². The van der Waals surface area contributed by atoms with Gasteiger partial charge in [0.15, 0.2) is 0 Å². The van der Waals surface area contributed by atoms with E-state index in [0.717, 1.165) is 26.9 Å². The van der Waals surface area contributed by atoms with Crippen molar-refractivity contribution < 1.29 is 4.21 Å². The predicted molar refractivity (Wildman–Crippen MR) is 84.2 cm³/mol. The summed E-state index contributed by atoms with van der Waals surface area (Å²) in [4.78, 5) is 1.60. The van der Waals surface area contributed by atoms with E-state index in [-0.39, 0.29) is 0 Å². The van der Waals surface area contributed by atoms with Crippen LogP contribution in [0.3, 0.4) is 0 Å². The Morgan fingerprint density at radius 3 is 2.10 bits per heavy atom. The predicted octanol–water partition coefficient (Wildman–Crippen LogP) is 3.66. The van der Waals surface area contributed by atoms with Gasteiger partial charge in [0.05, 0.1) is 32.8 Å². The summed E-state index contributed by atoms with van der Waals surface area (Å²) >= 11 is 0. The second-order valence-corrected chi connectivity index (χ2v) is 6.25. The highest BCUT2D eigenvalue weighted by Gasteiger charge is 2.19. The quantitative estimate of drug-likeness (QED) is 0.739. The van der Waals surface area contributed by atoms with Crippen molar-refractivity contribution >= 4 is 10.8 Å². The molecular weight excluding hydrogens is 280 g/mol. The van der Waals surface area contributed by atoms with Crippen LogP contribution in [-0.2, 0) is 10.8 Å². The highest BCUT2D eigenvalue weighted by atomic mass is 32.2. The van der Waals surface area contributed by atoms with Crippen LogP contribution >= 0.6 is 0 Å². The molecule has 0 aliphatic carbocycles. The Labute approximate surface area is 126 Å². The molecule has 106 valence electrons. The zero-order valence-corrected chi connectivity index (χ0v) is 12.8. The van der Waals surface area contributed by atoms with Crippen molar-refractivity contribution in [2.45, 2.75) is 23.6 Å². The van der Waals surface area contributed by atoms with E-state index in [2.05, 4.69) is 5.10 Å². The number of rotatable bonds is 3. The molecule has 0 saturated heterocycles. The van der Waals surface area contributed by atoms with Gasteiger partial charge in [0.2, 0.25) is 0 Å². The summed E-state index contributed by atoms with van der Waals surface area (Å²) in [7, 11) is -1.21. The Hall–Kier alpha value is -2.20. The van der Waals surface area contributed by atoms with Crippen molar-refractivity contribution in [2.24, 2.45) is 0 Å². The largest absolute Gasteiger partial charge is 0.249 e. The summed E-state index contributed by atoms with van der Waals surface area (Å²) in [6.07, 6.45) is 0. The van der Waals surface area contributed by atoms with Gasteiger partial charge in [0, 0.05) is 4.90 Å². The van der Waals surface area contributed by atoms with Crippen LogP contribution in [-0.4, -0.2) is 14.0 Å². The van der Waals surface area contributed by atoms with Gasteiger partial charge in [-0.1, -0.05) is 36.4 Å². The molecule has 1 heterocycles. The number of hydrogen-bond acceptors (Lipinski definition) is 2. The van der Waals surface area contributed by atoms with E-state index >= 15 is 0 Å². The molecule has 0 fully saturated rings. The molecule has 0 N–H and O–H groups in total. The average molecular weight is 296 g/mol. The number of aryl methyl sites for hydroxylation is 1. The standard InChI is InChI=1S/C17H16N2OS/c1-13-17(21(20)16-11-7-4-8-12-16)14(2)19(18-13)15-9-5-3-6-10-15/h3-12H,1-2H3. The van der Waals surface area contributed by atoms with Crippen LogP contribution in [0, 0.1) is 13.8 Å². The van der Waals surface area contributed by atoms with Crippen molar-refractivity contribution in [3.8, 4) is 5.69 Å². The fraction of sp³-hybridized carbons (Fsp3) is 0.118. The molecule has 4 heteroatoms. The molecule has 0 saturated carbocycles. The molecule has 2 aromatic carbocycles. The first-order valence-electron chi connectivity index (χ1n) is 6.77. The van der Waals surface area contributed by atoms with E-state index in [1.54, 1.807) is 0 Å². The van der Waals surface area contributed by atoms with E-state index in [1.165, 1.54) is 0 Å². The molecule has 21 heavy (non-hydrogen) atoms.